The molecule has 1 aromatic carbocycles. The van der Waals surface area contributed by atoms with E-state index >= 15 is 0 Å². The first-order valence-electron chi connectivity index (χ1n) is 14.7. The van der Waals surface area contributed by atoms with Crippen molar-refractivity contribution in [3.63, 3.8) is 0 Å². The predicted molar refractivity (Wildman–Crippen MR) is 172 cm³/mol. The lowest BCUT2D eigenvalue weighted by atomic mass is 9.81. The van der Waals surface area contributed by atoms with Crippen molar-refractivity contribution in [2.45, 2.75) is 70.4 Å². The zero-order valence-corrected chi connectivity index (χ0v) is 27.2. The number of amides is 2. The van der Waals surface area contributed by atoms with Crippen LogP contribution in [0.5, 0.6) is 0 Å². The normalized spacial score (nSPS) is 22.6. The van der Waals surface area contributed by atoms with Gasteiger partial charge in [-0.2, -0.15) is 0 Å². The molecule has 0 aliphatic heterocycles. The number of carbonyl (C=O) groups is 3. The molecule has 0 spiro atoms. The number of hydrogen-bond acceptors (Lipinski definition) is 8. The van der Waals surface area contributed by atoms with E-state index in [4.69, 9.17) is 4.52 Å². The molecule has 0 bridgehead atoms. The maximum atomic E-state index is 14.2. The Kier molecular flexibility index (Phi) is 9.86. The molecule has 3 aromatic rings. The quantitative estimate of drug-likeness (QED) is 0.228. The van der Waals surface area contributed by atoms with Crippen LogP contribution in [0.4, 0.5) is 11.4 Å². The number of carboxylic acids is 1. The highest BCUT2D eigenvalue weighted by atomic mass is 32.1. The van der Waals surface area contributed by atoms with Crippen molar-refractivity contribution in [2.75, 3.05) is 23.5 Å². The predicted octanol–water partition coefficient (Wildman–Crippen LogP) is 7.85. The Morgan fingerprint density at radius 2 is 1.70 bits per heavy atom. The summed E-state index contributed by atoms with van der Waals surface area (Å²) in [7, 11) is -2.64. The van der Waals surface area contributed by atoms with Crippen LogP contribution in [0.3, 0.4) is 0 Å². The van der Waals surface area contributed by atoms with Gasteiger partial charge < -0.3 is 19.8 Å². The average molecular weight is 644 g/mol. The lowest BCUT2D eigenvalue weighted by Crippen LogP contribution is -2.47. The van der Waals surface area contributed by atoms with E-state index in [1.165, 1.54) is 11.3 Å². The van der Waals surface area contributed by atoms with Crippen molar-refractivity contribution < 1.29 is 28.6 Å². The van der Waals surface area contributed by atoms with Gasteiger partial charge in [0.25, 0.3) is 5.91 Å². The fraction of sp³-hybridized carbons (Fsp3) is 0.484. The molecule has 2 saturated carbocycles. The Labute approximate surface area is 260 Å². The highest BCUT2D eigenvalue weighted by molar-refractivity contribution is 7.57. The minimum absolute atomic E-state index is 0.000117. The molecule has 0 radical (unpaired) electrons. The fourth-order valence-corrected chi connectivity index (χ4v) is 8.51. The standard InChI is InChI=1S/C31H38N3O6PS2/c1-19-4-6-21(7-5-19)30(36)34(23-12-14-24(15-13-23)40-41(2,3)39)26-16-27(43-28(26)31(37)38)20-8-10-22(11-9-20)33-29(35)25-17-42-18-32-25/h8-11,16-19,21,23-24H,4-7,12-15H2,1-3H3,(H,33,35)(H,37,38). The molecule has 230 valence electrons. The van der Waals surface area contributed by atoms with Gasteiger partial charge in [-0.25, -0.2) is 9.78 Å². The molecule has 2 aliphatic rings. The molecule has 2 aromatic heterocycles. The zero-order chi connectivity index (χ0) is 30.7. The topological polar surface area (TPSA) is 126 Å². The lowest BCUT2D eigenvalue weighted by molar-refractivity contribution is -0.124. The van der Waals surface area contributed by atoms with Crippen molar-refractivity contribution in [1.29, 1.82) is 0 Å². The van der Waals surface area contributed by atoms with E-state index in [9.17, 15) is 24.1 Å². The molecule has 2 heterocycles. The summed E-state index contributed by atoms with van der Waals surface area (Å²) in [4.78, 5) is 45.8. The summed E-state index contributed by atoms with van der Waals surface area (Å²) >= 11 is 2.50. The highest BCUT2D eigenvalue weighted by Gasteiger charge is 2.38. The molecule has 5 rings (SSSR count). The smallest absolute Gasteiger partial charge is 0.348 e. The molecule has 0 atom stereocenters. The Bertz CT molecular complexity index is 1480. The van der Waals surface area contributed by atoms with E-state index in [1.807, 2.05) is 18.2 Å². The second-order valence-electron chi connectivity index (χ2n) is 12.0. The second-order valence-corrected chi connectivity index (χ2v) is 16.5. The van der Waals surface area contributed by atoms with Crippen LogP contribution in [0.1, 0.15) is 78.5 Å². The summed E-state index contributed by atoms with van der Waals surface area (Å²) < 4.78 is 18.1. The number of rotatable bonds is 9. The molecular weight excluding hydrogens is 605 g/mol. The van der Waals surface area contributed by atoms with Crippen molar-refractivity contribution in [2.24, 2.45) is 11.8 Å². The van der Waals surface area contributed by atoms with Gasteiger partial charge in [0.05, 0.1) is 17.3 Å². The van der Waals surface area contributed by atoms with Gasteiger partial charge in [0.15, 0.2) is 7.37 Å². The van der Waals surface area contributed by atoms with Gasteiger partial charge in [0.1, 0.15) is 10.6 Å². The van der Waals surface area contributed by atoms with Crippen molar-refractivity contribution in [3.8, 4) is 10.4 Å². The summed E-state index contributed by atoms with van der Waals surface area (Å²) in [5.74, 6) is -0.918. The third-order valence-electron chi connectivity index (χ3n) is 8.27. The van der Waals surface area contributed by atoms with Crippen LogP contribution in [0.2, 0.25) is 0 Å². The number of hydrogen-bond donors (Lipinski definition) is 2. The number of carbonyl (C=O) groups excluding carboxylic acids is 2. The molecular formula is C31H38N3O6PS2. The molecule has 2 aliphatic carbocycles. The molecule has 9 nitrogen and oxygen atoms in total. The van der Waals surface area contributed by atoms with Gasteiger partial charge in [0, 0.05) is 41.2 Å². The number of nitrogens with one attached hydrogen (secondary N) is 1. The Morgan fingerprint density at radius 3 is 2.28 bits per heavy atom. The zero-order valence-electron chi connectivity index (χ0n) is 24.7. The van der Waals surface area contributed by atoms with E-state index in [0.717, 1.165) is 47.5 Å². The number of nitrogens with zero attached hydrogens (tertiary/aromatic N) is 2. The van der Waals surface area contributed by atoms with E-state index in [2.05, 4.69) is 17.2 Å². The summed E-state index contributed by atoms with van der Waals surface area (Å²) in [6.45, 7) is 5.45. The van der Waals surface area contributed by atoms with Gasteiger partial charge in [-0.05, 0) is 81.0 Å². The number of benzene rings is 1. The minimum atomic E-state index is -2.64. The van der Waals surface area contributed by atoms with Gasteiger partial charge in [-0.1, -0.05) is 19.1 Å². The fourth-order valence-electron chi connectivity index (χ4n) is 6.06. The number of thiazole rings is 1. The highest BCUT2D eigenvalue weighted by Crippen LogP contribution is 2.45. The average Bonchev–Trinajstić information content (AvgIpc) is 3.66. The largest absolute Gasteiger partial charge is 0.477 e. The first kappa shape index (κ1) is 31.6. The molecule has 0 unspecified atom stereocenters. The van der Waals surface area contributed by atoms with Crippen LogP contribution >= 0.6 is 30.0 Å². The SMILES string of the molecule is CC1CCC(C(=O)N(c2cc(-c3ccc(NC(=O)c4cscn4)cc3)sc2C(=O)O)C2CCC(OP(C)(C)=O)CC2)CC1. The number of aromatic carboxylic acids is 1. The third-order valence-corrected chi connectivity index (χ3v) is 10.8. The maximum absolute atomic E-state index is 14.2. The van der Waals surface area contributed by atoms with Crippen molar-refractivity contribution in [1.82, 2.24) is 4.98 Å². The molecule has 12 heteroatoms. The maximum Gasteiger partial charge on any atom is 0.348 e. The van der Waals surface area contributed by atoms with Crippen LogP contribution in [-0.4, -0.2) is 53.3 Å². The van der Waals surface area contributed by atoms with Gasteiger partial charge in [-0.3, -0.25) is 14.2 Å². The van der Waals surface area contributed by atoms with E-state index in [0.29, 0.717) is 48.7 Å². The number of aromatic nitrogens is 1. The van der Waals surface area contributed by atoms with Gasteiger partial charge in [0.2, 0.25) is 5.91 Å². The minimum Gasteiger partial charge on any atom is -0.477 e. The van der Waals surface area contributed by atoms with Crippen LogP contribution in [0.15, 0.2) is 41.2 Å². The Balaban J connectivity index is 1.42. The van der Waals surface area contributed by atoms with Crippen LogP contribution < -0.4 is 10.2 Å². The summed E-state index contributed by atoms with van der Waals surface area (Å²) in [5.41, 5.74) is 3.78. The summed E-state index contributed by atoms with van der Waals surface area (Å²) in [6, 6.07) is 8.88. The Hall–Kier alpha value is -2.85. The van der Waals surface area contributed by atoms with Crippen LogP contribution in [0, 0.1) is 11.8 Å². The van der Waals surface area contributed by atoms with Crippen molar-refractivity contribution in [3.05, 3.63) is 51.8 Å². The number of thiophene rings is 1. The van der Waals surface area contributed by atoms with E-state index < -0.39 is 13.3 Å². The van der Waals surface area contributed by atoms with Gasteiger partial charge in [-0.15, -0.1) is 22.7 Å². The van der Waals surface area contributed by atoms with Crippen LogP contribution in [0.25, 0.3) is 10.4 Å². The molecule has 2 N–H and O–H groups in total. The van der Waals surface area contributed by atoms with Gasteiger partial charge >= 0.3 is 5.97 Å². The first-order valence-corrected chi connectivity index (χ1v) is 19.0. The van der Waals surface area contributed by atoms with E-state index in [1.54, 1.807) is 41.3 Å². The Morgan fingerprint density at radius 1 is 1.02 bits per heavy atom. The molecule has 0 saturated heterocycles. The molecule has 2 fully saturated rings. The second kappa shape index (κ2) is 13.4. The summed E-state index contributed by atoms with van der Waals surface area (Å²) in [5, 5.41) is 14.8. The van der Waals surface area contributed by atoms with Crippen molar-refractivity contribution >= 4 is 59.2 Å². The number of anilines is 2. The summed E-state index contributed by atoms with van der Waals surface area (Å²) in [6.07, 6.45) is 6.07. The lowest BCUT2D eigenvalue weighted by Gasteiger charge is -2.39. The van der Waals surface area contributed by atoms with Crippen LogP contribution in [-0.2, 0) is 13.9 Å². The monoisotopic (exact) mass is 643 g/mol. The molecule has 43 heavy (non-hydrogen) atoms. The third kappa shape index (κ3) is 7.81. The van der Waals surface area contributed by atoms with E-state index in [-0.39, 0.29) is 34.8 Å². The first-order chi connectivity index (χ1) is 20.5. The number of carboxylic acid groups (broad SMARTS) is 1. The molecule has 2 amide bonds.